The molecule has 0 radical (unpaired) electrons. The number of oxazole rings is 1. The van der Waals surface area contributed by atoms with Crippen molar-refractivity contribution in [2.45, 2.75) is 0 Å². The van der Waals surface area contributed by atoms with Gasteiger partial charge in [-0.1, -0.05) is 158 Å². The molecule has 0 saturated carbocycles. The van der Waals surface area contributed by atoms with Crippen LogP contribution in [0.25, 0.3) is 95.0 Å². The average molecular weight is 666 g/mol. The van der Waals surface area contributed by atoms with Crippen molar-refractivity contribution in [1.82, 2.24) is 14.4 Å². The van der Waals surface area contributed by atoms with E-state index in [0.717, 1.165) is 72.5 Å². The second kappa shape index (κ2) is 12.4. The van der Waals surface area contributed by atoms with Gasteiger partial charge in [0.1, 0.15) is 0 Å². The van der Waals surface area contributed by atoms with Gasteiger partial charge in [-0.2, -0.15) is 0 Å². The molecular formula is C48H31N3O. The smallest absolute Gasteiger partial charge is 0.213 e. The van der Waals surface area contributed by atoms with Gasteiger partial charge in [0.15, 0.2) is 11.4 Å². The normalized spacial score (nSPS) is 11.5. The van der Waals surface area contributed by atoms with Gasteiger partial charge in [0.05, 0.1) is 28.0 Å². The third kappa shape index (κ3) is 5.17. The SMILES string of the molecule is c1ccc(-c2ccc(-c3cc(-c4cccc(-c5c6ccccc6n6c5oc5ccccc56)c4)nc(-c4ccc(-c5ccccc5)cc4)n3)cc2)cc1. The van der Waals surface area contributed by atoms with Crippen molar-refractivity contribution >= 4 is 27.7 Å². The van der Waals surface area contributed by atoms with Gasteiger partial charge >= 0.3 is 0 Å². The van der Waals surface area contributed by atoms with E-state index >= 15 is 0 Å². The van der Waals surface area contributed by atoms with Crippen LogP contribution in [-0.4, -0.2) is 14.4 Å². The highest BCUT2D eigenvalue weighted by Gasteiger charge is 2.20. The number of para-hydroxylation sites is 3. The van der Waals surface area contributed by atoms with E-state index in [-0.39, 0.29) is 0 Å². The molecule has 7 aromatic carbocycles. The third-order valence-corrected chi connectivity index (χ3v) is 9.86. The van der Waals surface area contributed by atoms with Crippen molar-refractivity contribution in [2.24, 2.45) is 0 Å². The van der Waals surface area contributed by atoms with Crippen molar-refractivity contribution < 1.29 is 4.42 Å². The molecule has 3 heterocycles. The van der Waals surface area contributed by atoms with Crippen molar-refractivity contribution in [3.8, 4) is 67.3 Å². The first kappa shape index (κ1) is 29.8. The summed E-state index contributed by atoms with van der Waals surface area (Å²) in [7, 11) is 0. The average Bonchev–Trinajstić information content (AvgIpc) is 3.76. The monoisotopic (exact) mass is 665 g/mol. The highest BCUT2D eigenvalue weighted by atomic mass is 16.3. The lowest BCUT2D eigenvalue weighted by Gasteiger charge is -2.11. The van der Waals surface area contributed by atoms with E-state index in [1.807, 2.05) is 24.3 Å². The first-order chi connectivity index (χ1) is 25.8. The fraction of sp³-hybridized carbons (Fsp3) is 0. The Morgan fingerprint density at radius 2 is 0.865 bits per heavy atom. The molecule has 10 aromatic rings. The molecular weight excluding hydrogens is 635 g/mol. The highest BCUT2D eigenvalue weighted by Crippen LogP contribution is 2.40. The van der Waals surface area contributed by atoms with E-state index in [1.165, 1.54) is 16.7 Å². The number of aromatic nitrogens is 3. The van der Waals surface area contributed by atoms with E-state index in [4.69, 9.17) is 14.4 Å². The van der Waals surface area contributed by atoms with Crippen LogP contribution in [0.4, 0.5) is 0 Å². The molecule has 244 valence electrons. The van der Waals surface area contributed by atoms with Crippen LogP contribution in [0.1, 0.15) is 0 Å². The first-order valence-corrected chi connectivity index (χ1v) is 17.5. The van der Waals surface area contributed by atoms with Crippen LogP contribution < -0.4 is 0 Å². The summed E-state index contributed by atoms with van der Waals surface area (Å²) < 4.78 is 8.77. The Hall–Kier alpha value is -7.04. The van der Waals surface area contributed by atoms with E-state index in [2.05, 4.69) is 168 Å². The zero-order valence-electron chi connectivity index (χ0n) is 28.1. The van der Waals surface area contributed by atoms with E-state index in [1.54, 1.807) is 0 Å². The topological polar surface area (TPSA) is 43.3 Å². The number of fused-ring (bicyclic) bond motifs is 5. The summed E-state index contributed by atoms with van der Waals surface area (Å²) in [6.07, 6.45) is 0. The van der Waals surface area contributed by atoms with Crippen LogP contribution >= 0.6 is 0 Å². The molecule has 0 spiro atoms. The molecule has 0 unspecified atom stereocenters. The lowest BCUT2D eigenvalue weighted by atomic mass is 9.99. The van der Waals surface area contributed by atoms with Crippen molar-refractivity contribution in [2.75, 3.05) is 0 Å². The Morgan fingerprint density at radius 3 is 1.56 bits per heavy atom. The zero-order chi connectivity index (χ0) is 34.4. The minimum Gasteiger partial charge on any atom is -0.438 e. The standard InChI is InChI=1S/C48H31N3O/c1-3-12-32(13-4-1)34-22-26-36(27-23-34)41-31-42(50-47(49-41)37-28-24-35(25-29-37)33-14-5-2-6-15-33)38-16-11-17-39(30-38)46-40-18-7-8-19-43(40)51-44-20-9-10-21-45(44)52-48(46)51/h1-31H. The van der Waals surface area contributed by atoms with Gasteiger partial charge in [-0.15, -0.1) is 0 Å². The molecule has 0 aliphatic carbocycles. The van der Waals surface area contributed by atoms with Gasteiger partial charge in [0, 0.05) is 22.1 Å². The molecule has 10 rings (SSSR count). The molecule has 0 aliphatic heterocycles. The molecule has 4 heteroatoms. The van der Waals surface area contributed by atoms with Crippen LogP contribution in [0.15, 0.2) is 192 Å². The molecule has 0 bridgehead atoms. The fourth-order valence-corrected chi connectivity index (χ4v) is 7.28. The van der Waals surface area contributed by atoms with Crippen LogP contribution in [0.2, 0.25) is 0 Å². The summed E-state index contributed by atoms with van der Waals surface area (Å²) in [5.41, 5.74) is 15.4. The van der Waals surface area contributed by atoms with Crippen LogP contribution in [0, 0.1) is 0 Å². The maximum atomic E-state index is 6.54. The molecule has 4 nitrogen and oxygen atoms in total. The Balaban J connectivity index is 1.12. The maximum absolute atomic E-state index is 6.54. The quantitative estimate of drug-likeness (QED) is 0.178. The summed E-state index contributed by atoms with van der Waals surface area (Å²) in [6, 6.07) is 65.5. The predicted molar refractivity (Wildman–Crippen MR) is 213 cm³/mol. The van der Waals surface area contributed by atoms with Crippen LogP contribution in [0.5, 0.6) is 0 Å². The molecule has 52 heavy (non-hydrogen) atoms. The van der Waals surface area contributed by atoms with Crippen molar-refractivity contribution in [3.63, 3.8) is 0 Å². The molecule has 0 amide bonds. The van der Waals surface area contributed by atoms with Crippen molar-refractivity contribution in [3.05, 3.63) is 188 Å². The third-order valence-electron chi connectivity index (χ3n) is 9.86. The van der Waals surface area contributed by atoms with E-state index in [0.29, 0.717) is 5.82 Å². The molecule has 0 saturated heterocycles. The highest BCUT2D eigenvalue weighted by molar-refractivity contribution is 6.07. The summed E-state index contributed by atoms with van der Waals surface area (Å²) in [5.74, 6) is 0.679. The van der Waals surface area contributed by atoms with Gasteiger partial charge < -0.3 is 4.42 Å². The second-order valence-corrected chi connectivity index (χ2v) is 13.0. The Morgan fingerprint density at radius 1 is 0.365 bits per heavy atom. The van der Waals surface area contributed by atoms with E-state index < -0.39 is 0 Å². The molecule has 0 N–H and O–H groups in total. The Kier molecular flexibility index (Phi) is 7.10. The fourth-order valence-electron chi connectivity index (χ4n) is 7.28. The van der Waals surface area contributed by atoms with Gasteiger partial charge in [0.25, 0.3) is 0 Å². The predicted octanol–water partition coefficient (Wildman–Crippen LogP) is 12.6. The first-order valence-electron chi connectivity index (χ1n) is 17.5. The molecule has 0 aliphatic rings. The van der Waals surface area contributed by atoms with Crippen LogP contribution in [-0.2, 0) is 0 Å². The van der Waals surface area contributed by atoms with Gasteiger partial charge in [-0.3, -0.25) is 4.40 Å². The summed E-state index contributed by atoms with van der Waals surface area (Å²) >= 11 is 0. The minimum absolute atomic E-state index is 0.679. The van der Waals surface area contributed by atoms with Crippen molar-refractivity contribution in [1.29, 1.82) is 0 Å². The van der Waals surface area contributed by atoms with Crippen LogP contribution in [0.3, 0.4) is 0 Å². The molecule has 0 fully saturated rings. The summed E-state index contributed by atoms with van der Waals surface area (Å²) in [6.45, 7) is 0. The lowest BCUT2D eigenvalue weighted by molar-refractivity contribution is 0.658. The Bertz CT molecular complexity index is 2770. The molecule has 0 atom stereocenters. The number of rotatable bonds is 6. The van der Waals surface area contributed by atoms with Gasteiger partial charge in [-0.05, 0) is 58.1 Å². The second-order valence-electron chi connectivity index (χ2n) is 13.0. The largest absolute Gasteiger partial charge is 0.438 e. The number of hydrogen-bond donors (Lipinski definition) is 0. The minimum atomic E-state index is 0.679. The molecule has 3 aromatic heterocycles. The lowest BCUT2D eigenvalue weighted by Crippen LogP contribution is -1.96. The number of nitrogens with zero attached hydrogens (tertiary/aromatic N) is 3. The number of hydrogen-bond acceptors (Lipinski definition) is 3. The number of benzene rings is 7. The maximum Gasteiger partial charge on any atom is 0.213 e. The van der Waals surface area contributed by atoms with Gasteiger partial charge in [0.2, 0.25) is 5.71 Å². The zero-order valence-corrected chi connectivity index (χ0v) is 28.1. The summed E-state index contributed by atoms with van der Waals surface area (Å²) in [4.78, 5) is 10.4. The summed E-state index contributed by atoms with van der Waals surface area (Å²) in [5, 5.41) is 1.14. The Labute approximate surface area is 300 Å². The van der Waals surface area contributed by atoms with Gasteiger partial charge in [-0.25, -0.2) is 9.97 Å². The van der Waals surface area contributed by atoms with E-state index in [9.17, 15) is 0 Å².